The SMILES string of the molecule is Cc1cccc(-c2noc(C3(C(C)C)CNC(=O)C3)n2)c1F. The minimum absolute atomic E-state index is 0.0322. The molecule has 1 unspecified atom stereocenters. The minimum Gasteiger partial charge on any atom is -0.355 e. The Hall–Kier alpha value is -2.24. The molecular formula is C16H18FN3O2. The molecule has 6 heteroatoms. The van der Waals surface area contributed by atoms with E-state index in [4.69, 9.17) is 4.52 Å². The summed E-state index contributed by atoms with van der Waals surface area (Å²) in [5.41, 5.74) is 0.314. The van der Waals surface area contributed by atoms with Crippen molar-refractivity contribution >= 4 is 5.91 Å². The van der Waals surface area contributed by atoms with Crippen LogP contribution in [0.5, 0.6) is 0 Å². The highest BCUT2D eigenvalue weighted by Gasteiger charge is 2.47. The van der Waals surface area contributed by atoms with E-state index in [1.165, 1.54) is 0 Å². The Morgan fingerprint density at radius 2 is 2.18 bits per heavy atom. The summed E-state index contributed by atoms with van der Waals surface area (Å²) in [5, 5.41) is 6.74. The van der Waals surface area contributed by atoms with Crippen molar-refractivity contribution in [2.75, 3.05) is 6.54 Å². The second-order valence-corrected chi connectivity index (χ2v) is 6.12. The second kappa shape index (κ2) is 5.19. The molecular weight excluding hydrogens is 285 g/mol. The van der Waals surface area contributed by atoms with E-state index in [1.54, 1.807) is 25.1 Å². The maximum Gasteiger partial charge on any atom is 0.235 e. The van der Waals surface area contributed by atoms with Gasteiger partial charge in [-0.1, -0.05) is 31.1 Å². The molecule has 3 rings (SSSR count). The number of aromatic nitrogens is 2. The zero-order valence-corrected chi connectivity index (χ0v) is 12.8. The Kier molecular flexibility index (Phi) is 3.47. The van der Waals surface area contributed by atoms with Crippen LogP contribution in [0.3, 0.4) is 0 Å². The van der Waals surface area contributed by atoms with Gasteiger partial charge in [0.25, 0.3) is 0 Å². The van der Waals surface area contributed by atoms with Gasteiger partial charge in [0.05, 0.1) is 11.0 Å². The molecule has 0 aliphatic carbocycles. The first-order valence-electron chi connectivity index (χ1n) is 7.30. The fourth-order valence-electron chi connectivity index (χ4n) is 2.83. The molecule has 0 spiro atoms. The van der Waals surface area contributed by atoms with Crippen molar-refractivity contribution in [2.24, 2.45) is 5.92 Å². The van der Waals surface area contributed by atoms with Crippen LogP contribution in [0.15, 0.2) is 22.7 Å². The van der Waals surface area contributed by atoms with Gasteiger partial charge in [-0.2, -0.15) is 4.98 Å². The Labute approximate surface area is 127 Å². The smallest absolute Gasteiger partial charge is 0.235 e. The molecule has 1 aliphatic heterocycles. The lowest BCUT2D eigenvalue weighted by atomic mass is 9.76. The first-order valence-corrected chi connectivity index (χ1v) is 7.30. The Bertz CT molecular complexity index is 726. The Morgan fingerprint density at radius 1 is 1.41 bits per heavy atom. The summed E-state index contributed by atoms with van der Waals surface area (Å²) in [6.07, 6.45) is 0.308. The van der Waals surface area contributed by atoms with Crippen LogP contribution in [0.25, 0.3) is 11.4 Å². The molecule has 1 aromatic carbocycles. The quantitative estimate of drug-likeness (QED) is 0.946. The van der Waals surface area contributed by atoms with E-state index in [-0.39, 0.29) is 23.5 Å². The molecule has 1 N–H and O–H groups in total. The summed E-state index contributed by atoms with van der Waals surface area (Å²) in [7, 11) is 0. The number of aryl methyl sites for hydroxylation is 1. The van der Waals surface area contributed by atoms with Crippen LogP contribution in [-0.4, -0.2) is 22.6 Å². The van der Waals surface area contributed by atoms with Gasteiger partial charge >= 0.3 is 0 Å². The van der Waals surface area contributed by atoms with Crippen LogP contribution in [0, 0.1) is 18.7 Å². The molecule has 1 atom stereocenters. The van der Waals surface area contributed by atoms with E-state index in [9.17, 15) is 9.18 Å². The van der Waals surface area contributed by atoms with Crippen LogP contribution < -0.4 is 5.32 Å². The van der Waals surface area contributed by atoms with Gasteiger partial charge in [0, 0.05) is 13.0 Å². The van der Waals surface area contributed by atoms with Crippen LogP contribution >= 0.6 is 0 Å². The van der Waals surface area contributed by atoms with Crippen LogP contribution in [0.2, 0.25) is 0 Å². The van der Waals surface area contributed by atoms with Gasteiger partial charge in [0.15, 0.2) is 0 Å². The van der Waals surface area contributed by atoms with Crippen molar-refractivity contribution in [1.82, 2.24) is 15.5 Å². The first-order chi connectivity index (χ1) is 10.4. The minimum atomic E-state index is -0.525. The van der Waals surface area contributed by atoms with E-state index in [2.05, 4.69) is 15.5 Å². The van der Waals surface area contributed by atoms with E-state index in [0.29, 0.717) is 30.0 Å². The summed E-state index contributed by atoms with van der Waals surface area (Å²) >= 11 is 0. The average molecular weight is 303 g/mol. The molecule has 0 radical (unpaired) electrons. The number of hydrogen-bond acceptors (Lipinski definition) is 4. The zero-order valence-electron chi connectivity index (χ0n) is 12.8. The number of benzene rings is 1. The first kappa shape index (κ1) is 14.7. The van der Waals surface area contributed by atoms with Crippen molar-refractivity contribution in [3.63, 3.8) is 0 Å². The van der Waals surface area contributed by atoms with Gasteiger partial charge in [-0.3, -0.25) is 4.79 Å². The highest BCUT2D eigenvalue weighted by atomic mass is 19.1. The number of amides is 1. The van der Waals surface area contributed by atoms with Crippen molar-refractivity contribution < 1.29 is 13.7 Å². The summed E-state index contributed by atoms with van der Waals surface area (Å²) in [4.78, 5) is 16.0. The lowest BCUT2D eigenvalue weighted by Gasteiger charge is -2.26. The summed E-state index contributed by atoms with van der Waals surface area (Å²) < 4.78 is 19.6. The van der Waals surface area contributed by atoms with E-state index >= 15 is 0 Å². The van der Waals surface area contributed by atoms with Gasteiger partial charge in [0.1, 0.15) is 5.82 Å². The lowest BCUT2D eigenvalue weighted by molar-refractivity contribution is -0.119. The molecule has 116 valence electrons. The molecule has 1 fully saturated rings. The highest BCUT2D eigenvalue weighted by molar-refractivity contribution is 5.80. The third-order valence-corrected chi connectivity index (χ3v) is 4.47. The fraction of sp³-hybridized carbons (Fsp3) is 0.438. The maximum atomic E-state index is 14.2. The van der Waals surface area contributed by atoms with Crippen molar-refractivity contribution in [1.29, 1.82) is 0 Å². The molecule has 1 saturated heterocycles. The Morgan fingerprint density at radius 3 is 2.82 bits per heavy atom. The van der Waals surface area contributed by atoms with Crippen molar-refractivity contribution in [3.05, 3.63) is 35.5 Å². The topological polar surface area (TPSA) is 68.0 Å². The third kappa shape index (κ3) is 2.19. The highest BCUT2D eigenvalue weighted by Crippen LogP contribution is 2.38. The number of hydrogen-bond donors (Lipinski definition) is 1. The fourth-order valence-corrected chi connectivity index (χ4v) is 2.83. The van der Waals surface area contributed by atoms with E-state index in [0.717, 1.165) is 0 Å². The number of rotatable bonds is 3. The Balaban J connectivity index is 2.03. The summed E-state index contributed by atoms with van der Waals surface area (Å²) in [5.74, 6) is 0.360. The molecule has 1 aliphatic rings. The van der Waals surface area contributed by atoms with Crippen LogP contribution in [0.1, 0.15) is 31.7 Å². The van der Waals surface area contributed by atoms with Gasteiger partial charge < -0.3 is 9.84 Å². The van der Waals surface area contributed by atoms with Gasteiger partial charge in [-0.15, -0.1) is 0 Å². The molecule has 0 saturated carbocycles. The van der Waals surface area contributed by atoms with Crippen molar-refractivity contribution in [3.8, 4) is 11.4 Å². The number of carbonyl (C=O) groups is 1. The lowest BCUT2D eigenvalue weighted by Crippen LogP contribution is -2.35. The summed E-state index contributed by atoms with van der Waals surface area (Å²) in [6.45, 7) is 6.17. The number of halogens is 1. The van der Waals surface area contributed by atoms with Gasteiger partial charge in [0.2, 0.25) is 17.6 Å². The predicted octanol–water partition coefficient (Wildman–Crippen LogP) is 2.60. The largest absolute Gasteiger partial charge is 0.355 e. The van der Waals surface area contributed by atoms with Crippen molar-refractivity contribution in [2.45, 2.75) is 32.6 Å². The molecule has 22 heavy (non-hydrogen) atoms. The summed E-state index contributed by atoms with van der Waals surface area (Å²) in [6, 6.07) is 5.06. The zero-order chi connectivity index (χ0) is 15.9. The molecule has 5 nitrogen and oxygen atoms in total. The molecule has 2 heterocycles. The molecule has 1 amide bonds. The maximum absolute atomic E-state index is 14.2. The molecule has 2 aromatic rings. The average Bonchev–Trinajstić information content (AvgIpc) is 3.09. The van der Waals surface area contributed by atoms with Crippen LogP contribution in [-0.2, 0) is 10.2 Å². The number of nitrogens with one attached hydrogen (secondary N) is 1. The van der Waals surface area contributed by atoms with Gasteiger partial charge in [-0.25, -0.2) is 4.39 Å². The monoisotopic (exact) mass is 303 g/mol. The van der Waals surface area contributed by atoms with E-state index < -0.39 is 5.41 Å². The third-order valence-electron chi connectivity index (χ3n) is 4.47. The predicted molar refractivity (Wildman–Crippen MR) is 78.6 cm³/mol. The van der Waals surface area contributed by atoms with Gasteiger partial charge in [-0.05, 0) is 24.5 Å². The molecule has 0 bridgehead atoms. The standard InChI is InChI=1S/C16H18FN3O2/c1-9(2)16(7-12(21)18-8-16)15-19-14(20-22-15)11-6-4-5-10(3)13(11)17/h4-6,9H,7-8H2,1-3H3,(H,18,21). The number of carbonyl (C=O) groups excluding carboxylic acids is 1. The number of nitrogens with zero attached hydrogens (tertiary/aromatic N) is 2. The molecule has 1 aromatic heterocycles. The normalized spacial score (nSPS) is 21.4. The van der Waals surface area contributed by atoms with E-state index in [1.807, 2.05) is 13.8 Å². The second-order valence-electron chi connectivity index (χ2n) is 6.12. The van der Waals surface area contributed by atoms with Crippen LogP contribution in [0.4, 0.5) is 4.39 Å².